The van der Waals surface area contributed by atoms with Crippen LogP contribution in [0.1, 0.15) is 10.6 Å². The van der Waals surface area contributed by atoms with E-state index < -0.39 is 16.7 Å². The molecule has 19 heavy (non-hydrogen) atoms. The van der Waals surface area contributed by atoms with Gasteiger partial charge in [-0.1, -0.05) is 0 Å². The van der Waals surface area contributed by atoms with Crippen molar-refractivity contribution in [1.29, 1.82) is 0 Å². The first kappa shape index (κ1) is 12.5. The van der Waals surface area contributed by atoms with E-state index in [0.717, 1.165) is 6.07 Å². The monoisotopic (exact) mass is 265 g/mol. The van der Waals surface area contributed by atoms with Crippen LogP contribution < -0.4 is 4.74 Å². The van der Waals surface area contributed by atoms with Gasteiger partial charge in [0.15, 0.2) is 5.75 Å². The Labute approximate surface area is 105 Å². The molecular formula is C10H7N3O6. The molecule has 0 atom stereocenters. The summed E-state index contributed by atoms with van der Waals surface area (Å²) < 4.78 is 9.55. The van der Waals surface area contributed by atoms with Crippen LogP contribution in [0.2, 0.25) is 0 Å². The van der Waals surface area contributed by atoms with E-state index in [-0.39, 0.29) is 22.9 Å². The summed E-state index contributed by atoms with van der Waals surface area (Å²) in [6.45, 7) is 0. The maximum atomic E-state index is 10.8. The zero-order valence-electron chi connectivity index (χ0n) is 9.56. The molecule has 9 nitrogen and oxygen atoms in total. The third-order valence-electron chi connectivity index (χ3n) is 2.24. The number of carboxylic acid groups (broad SMARTS) is 1. The standard InChI is InChI=1S/C10H7N3O6/c1-18-7-3-2-5(4-6(7)13(16)17)9-11-8(10(14)15)12-19-9/h2-4H,1H3,(H,14,15). The first-order valence-electron chi connectivity index (χ1n) is 4.92. The molecule has 0 saturated carbocycles. The highest BCUT2D eigenvalue weighted by Gasteiger charge is 2.20. The topological polar surface area (TPSA) is 129 Å². The first-order chi connectivity index (χ1) is 9.02. The van der Waals surface area contributed by atoms with Gasteiger partial charge in [-0.25, -0.2) is 4.79 Å². The smallest absolute Gasteiger partial charge is 0.377 e. The van der Waals surface area contributed by atoms with E-state index in [1.807, 2.05) is 0 Å². The fraction of sp³-hybridized carbons (Fsp3) is 0.100. The molecular weight excluding hydrogens is 258 g/mol. The lowest BCUT2D eigenvalue weighted by Gasteiger charge is -2.01. The molecule has 0 aliphatic rings. The number of hydrogen-bond donors (Lipinski definition) is 1. The highest BCUT2D eigenvalue weighted by Crippen LogP contribution is 2.31. The number of carboxylic acids is 1. The van der Waals surface area contributed by atoms with Crippen molar-refractivity contribution < 1.29 is 24.1 Å². The molecule has 98 valence electrons. The molecule has 0 saturated heterocycles. The molecule has 0 amide bonds. The molecule has 1 heterocycles. The molecule has 0 unspecified atom stereocenters. The van der Waals surface area contributed by atoms with Crippen molar-refractivity contribution in [2.75, 3.05) is 7.11 Å². The van der Waals surface area contributed by atoms with Crippen LogP contribution in [0, 0.1) is 10.1 Å². The van der Waals surface area contributed by atoms with Gasteiger partial charge < -0.3 is 14.4 Å². The largest absolute Gasteiger partial charge is 0.490 e. The summed E-state index contributed by atoms with van der Waals surface area (Å²) in [7, 11) is 1.30. The molecule has 2 rings (SSSR count). The van der Waals surface area contributed by atoms with Crippen molar-refractivity contribution >= 4 is 11.7 Å². The van der Waals surface area contributed by atoms with E-state index in [2.05, 4.69) is 10.1 Å². The van der Waals surface area contributed by atoms with E-state index in [0.29, 0.717) is 0 Å². The molecule has 1 aromatic heterocycles. The maximum absolute atomic E-state index is 10.8. The highest BCUT2D eigenvalue weighted by molar-refractivity contribution is 5.83. The molecule has 2 aromatic rings. The normalized spacial score (nSPS) is 10.2. The van der Waals surface area contributed by atoms with E-state index in [1.54, 1.807) is 0 Å². The summed E-state index contributed by atoms with van der Waals surface area (Å²) in [6.07, 6.45) is 0. The lowest BCUT2D eigenvalue weighted by atomic mass is 10.2. The van der Waals surface area contributed by atoms with Gasteiger partial charge in [0.25, 0.3) is 11.7 Å². The number of ether oxygens (including phenoxy) is 1. The van der Waals surface area contributed by atoms with Crippen LogP contribution in [0.3, 0.4) is 0 Å². The predicted octanol–water partition coefficient (Wildman–Crippen LogP) is 1.35. The van der Waals surface area contributed by atoms with Gasteiger partial charge in [-0.2, -0.15) is 4.98 Å². The lowest BCUT2D eigenvalue weighted by molar-refractivity contribution is -0.385. The van der Waals surface area contributed by atoms with Crippen LogP contribution in [0.5, 0.6) is 5.75 Å². The van der Waals surface area contributed by atoms with Gasteiger partial charge in [-0.15, -0.1) is 0 Å². The van der Waals surface area contributed by atoms with Crippen LogP contribution in [0.15, 0.2) is 22.7 Å². The van der Waals surface area contributed by atoms with Crippen molar-refractivity contribution in [2.45, 2.75) is 0 Å². The minimum atomic E-state index is -1.35. The van der Waals surface area contributed by atoms with Crippen LogP contribution in [0.4, 0.5) is 5.69 Å². The number of rotatable bonds is 4. The van der Waals surface area contributed by atoms with Crippen LogP contribution in [-0.2, 0) is 0 Å². The Hall–Kier alpha value is -2.97. The maximum Gasteiger partial charge on any atom is 0.377 e. The fourth-order valence-corrected chi connectivity index (χ4v) is 1.39. The Morgan fingerprint density at radius 3 is 2.79 bits per heavy atom. The second-order valence-corrected chi connectivity index (χ2v) is 3.37. The third kappa shape index (κ3) is 2.34. The van der Waals surface area contributed by atoms with E-state index in [9.17, 15) is 14.9 Å². The average molecular weight is 265 g/mol. The molecule has 0 fully saturated rings. The Bertz CT molecular complexity index is 650. The number of benzene rings is 1. The van der Waals surface area contributed by atoms with Crippen molar-refractivity contribution in [1.82, 2.24) is 10.1 Å². The lowest BCUT2D eigenvalue weighted by Crippen LogP contribution is -1.98. The minimum Gasteiger partial charge on any atom is -0.490 e. The van der Waals surface area contributed by atoms with Crippen molar-refractivity contribution in [3.63, 3.8) is 0 Å². The predicted molar refractivity (Wildman–Crippen MR) is 59.9 cm³/mol. The van der Waals surface area contributed by atoms with E-state index in [4.69, 9.17) is 14.4 Å². The first-order valence-corrected chi connectivity index (χ1v) is 4.92. The van der Waals surface area contributed by atoms with E-state index in [1.165, 1.54) is 19.2 Å². The average Bonchev–Trinajstić information content (AvgIpc) is 2.87. The molecule has 9 heteroatoms. The number of methoxy groups -OCH3 is 1. The molecule has 0 aliphatic heterocycles. The van der Waals surface area contributed by atoms with Gasteiger partial charge in [0.05, 0.1) is 12.0 Å². The second kappa shape index (κ2) is 4.72. The van der Waals surface area contributed by atoms with Gasteiger partial charge >= 0.3 is 11.7 Å². The SMILES string of the molecule is COc1ccc(-c2nc(C(=O)O)no2)cc1[N+](=O)[O-]. The summed E-state index contributed by atoms with van der Waals surface area (Å²) >= 11 is 0. The van der Waals surface area contributed by atoms with Crippen LogP contribution >= 0.6 is 0 Å². The van der Waals surface area contributed by atoms with Crippen molar-refractivity contribution in [3.8, 4) is 17.2 Å². The van der Waals surface area contributed by atoms with Crippen molar-refractivity contribution in [3.05, 3.63) is 34.1 Å². The molecule has 1 aromatic carbocycles. The molecule has 0 radical (unpaired) electrons. The molecule has 0 bridgehead atoms. The fourth-order valence-electron chi connectivity index (χ4n) is 1.39. The Morgan fingerprint density at radius 2 is 2.26 bits per heavy atom. The number of nitro groups is 1. The Balaban J connectivity index is 2.47. The highest BCUT2D eigenvalue weighted by atomic mass is 16.6. The number of nitrogens with zero attached hydrogens (tertiary/aromatic N) is 3. The van der Waals surface area contributed by atoms with Gasteiger partial charge in [0.1, 0.15) is 0 Å². The van der Waals surface area contributed by atoms with Crippen LogP contribution in [-0.4, -0.2) is 33.2 Å². The zero-order chi connectivity index (χ0) is 14.0. The van der Waals surface area contributed by atoms with Crippen molar-refractivity contribution in [2.24, 2.45) is 0 Å². The summed E-state index contributed by atoms with van der Waals surface area (Å²) in [5.41, 5.74) is -0.0532. The number of aromatic carboxylic acids is 1. The van der Waals surface area contributed by atoms with Crippen LogP contribution in [0.25, 0.3) is 11.5 Å². The number of carbonyl (C=O) groups is 1. The number of hydrogen-bond acceptors (Lipinski definition) is 7. The summed E-state index contributed by atoms with van der Waals surface area (Å²) in [4.78, 5) is 24.4. The molecule has 1 N–H and O–H groups in total. The number of aromatic nitrogens is 2. The third-order valence-corrected chi connectivity index (χ3v) is 2.24. The second-order valence-electron chi connectivity index (χ2n) is 3.37. The van der Waals surface area contributed by atoms with Gasteiger partial charge in [-0.05, 0) is 17.3 Å². The van der Waals surface area contributed by atoms with Gasteiger partial charge in [0, 0.05) is 11.6 Å². The summed E-state index contributed by atoms with van der Waals surface area (Å²) in [5, 5.41) is 22.7. The Morgan fingerprint density at radius 1 is 1.53 bits per heavy atom. The zero-order valence-corrected chi connectivity index (χ0v) is 9.56. The minimum absolute atomic E-state index is 0.0757. The van der Waals surface area contributed by atoms with E-state index >= 15 is 0 Å². The Kier molecular flexibility index (Phi) is 3.10. The number of nitro benzene ring substituents is 1. The summed E-state index contributed by atoms with van der Waals surface area (Å²) in [5.74, 6) is -1.92. The molecule has 0 spiro atoms. The molecule has 0 aliphatic carbocycles. The summed E-state index contributed by atoms with van der Waals surface area (Å²) in [6, 6.07) is 3.97. The quantitative estimate of drug-likeness (QED) is 0.647. The van der Waals surface area contributed by atoms with Gasteiger partial charge in [0.2, 0.25) is 0 Å². The van der Waals surface area contributed by atoms with Gasteiger partial charge in [-0.3, -0.25) is 10.1 Å².